The number of carbonyl (C=O) groups excluding carboxylic acids is 1. The Bertz CT molecular complexity index is 380. The van der Waals surface area contributed by atoms with Gasteiger partial charge in [0, 0.05) is 6.54 Å². The number of alkyl halides is 1. The predicted octanol–water partition coefficient (Wildman–Crippen LogP) is 2.47. The predicted molar refractivity (Wildman–Crippen MR) is 85.4 cm³/mol. The average Bonchev–Trinajstić information content (AvgIpc) is 2.41. The summed E-state index contributed by atoms with van der Waals surface area (Å²) in [4.78, 5) is 14.3. The van der Waals surface area contributed by atoms with Crippen LogP contribution in [-0.2, 0) is 4.74 Å². The van der Waals surface area contributed by atoms with Gasteiger partial charge in [0.05, 0.1) is 6.10 Å². The Labute approximate surface area is 135 Å². The molecule has 2 aliphatic rings. The van der Waals surface area contributed by atoms with E-state index in [0.717, 1.165) is 32.4 Å². The molecule has 2 fully saturated rings. The van der Waals surface area contributed by atoms with Crippen molar-refractivity contribution in [1.29, 1.82) is 0 Å². The number of ether oxygens (including phenoxy) is 1. The molecule has 0 radical (unpaired) electrons. The fraction of sp³-hybridized carbons (Fsp3) is 0.933. The van der Waals surface area contributed by atoms with Crippen molar-refractivity contribution in [3.8, 4) is 0 Å². The molecule has 0 bridgehead atoms. The molecule has 21 heavy (non-hydrogen) atoms. The van der Waals surface area contributed by atoms with Crippen LogP contribution in [0.25, 0.3) is 0 Å². The van der Waals surface area contributed by atoms with Gasteiger partial charge in [0.15, 0.2) is 0 Å². The minimum atomic E-state index is -0.699. The molecule has 0 aromatic heterocycles. The van der Waals surface area contributed by atoms with Crippen LogP contribution in [0.3, 0.4) is 0 Å². The molecule has 0 aliphatic carbocycles. The van der Waals surface area contributed by atoms with Crippen LogP contribution >= 0.6 is 15.9 Å². The Kier molecular flexibility index (Phi) is 5.21. The Morgan fingerprint density at radius 3 is 2.52 bits per heavy atom. The summed E-state index contributed by atoms with van der Waals surface area (Å²) in [7, 11) is 0. The number of aliphatic hydroxyl groups excluding tert-OH is 1. The molecule has 0 saturated carbocycles. The minimum absolute atomic E-state index is 0.238. The van der Waals surface area contributed by atoms with Crippen molar-refractivity contribution < 1.29 is 14.6 Å². The zero-order valence-corrected chi connectivity index (χ0v) is 14.8. The molecule has 0 aromatic carbocycles. The van der Waals surface area contributed by atoms with E-state index in [9.17, 15) is 9.90 Å². The smallest absolute Gasteiger partial charge is 0.411 e. The van der Waals surface area contributed by atoms with Crippen molar-refractivity contribution in [2.75, 3.05) is 19.6 Å². The Balaban J connectivity index is 2.21. The van der Waals surface area contributed by atoms with Gasteiger partial charge < -0.3 is 15.2 Å². The number of nitrogens with one attached hydrogen (secondary N) is 1. The lowest BCUT2D eigenvalue weighted by molar-refractivity contribution is -0.0559. The van der Waals surface area contributed by atoms with Crippen LogP contribution in [-0.4, -0.2) is 51.9 Å². The lowest BCUT2D eigenvalue weighted by Crippen LogP contribution is -2.63. The van der Waals surface area contributed by atoms with Crippen molar-refractivity contribution in [3.63, 3.8) is 0 Å². The quantitative estimate of drug-likeness (QED) is 0.555. The largest absolute Gasteiger partial charge is 0.444 e. The van der Waals surface area contributed by atoms with Crippen LogP contribution in [0.2, 0.25) is 0 Å². The lowest BCUT2D eigenvalue weighted by atomic mass is 9.82. The van der Waals surface area contributed by atoms with E-state index >= 15 is 0 Å². The average molecular weight is 363 g/mol. The molecule has 5 nitrogen and oxygen atoms in total. The van der Waals surface area contributed by atoms with Crippen molar-refractivity contribution in [3.05, 3.63) is 0 Å². The SMILES string of the molecule is CC(C)(C)OC(=O)N1CCC[C@H](O)C1(Br)C1CCNCC1. The third-order valence-electron chi connectivity index (χ3n) is 4.27. The van der Waals surface area contributed by atoms with Crippen LogP contribution in [0, 0.1) is 5.92 Å². The second-order valence-corrected chi connectivity index (χ2v) is 8.31. The zero-order chi connectivity index (χ0) is 15.7. The third kappa shape index (κ3) is 3.71. The molecule has 2 atom stereocenters. The van der Waals surface area contributed by atoms with Gasteiger partial charge in [-0.25, -0.2) is 4.79 Å². The molecule has 0 spiro atoms. The molecule has 2 aliphatic heterocycles. The summed E-state index contributed by atoms with van der Waals surface area (Å²) in [6.07, 6.45) is 2.52. The summed E-state index contributed by atoms with van der Waals surface area (Å²) < 4.78 is 4.84. The molecule has 2 saturated heterocycles. The Morgan fingerprint density at radius 2 is 1.95 bits per heavy atom. The molecule has 122 valence electrons. The topological polar surface area (TPSA) is 61.8 Å². The monoisotopic (exact) mass is 362 g/mol. The molecule has 1 amide bonds. The summed E-state index contributed by atoms with van der Waals surface area (Å²) in [5.74, 6) is 0.238. The lowest BCUT2D eigenvalue weighted by Gasteiger charge is -2.51. The van der Waals surface area contributed by atoms with Crippen molar-refractivity contribution in [2.45, 2.75) is 62.6 Å². The van der Waals surface area contributed by atoms with Crippen LogP contribution in [0.15, 0.2) is 0 Å². The second kappa shape index (κ2) is 6.42. The number of piperidine rings is 2. The number of aliphatic hydroxyl groups is 1. The van der Waals surface area contributed by atoms with Gasteiger partial charge in [-0.1, -0.05) is 15.9 Å². The Hall–Kier alpha value is -0.330. The van der Waals surface area contributed by atoms with E-state index in [0.29, 0.717) is 13.0 Å². The number of nitrogens with zero attached hydrogens (tertiary/aromatic N) is 1. The van der Waals surface area contributed by atoms with Crippen LogP contribution in [0.4, 0.5) is 4.79 Å². The maximum atomic E-state index is 12.6. The van der Waals surface area contributed by atoms with E-state index in [2.05, 4.69) is 21.2 Å². The second-order valence-electron chi connectivity index (χ2n) is 7.04. The maximum absolute atomic E-state index is 12.6. The molecular weight excluding hydrogens is 336 g/mol. The zero-order valence-electron chi connectivity index (χ0n) is 13.2. The summed E-state index contributed by atoms with van der Waals surface area (Å²) >= 11 is 3.74. The van der Waals surface area contributed by atoms with Crippen molar-refractivity contribution in [2.24, 2.45) is 5.92 Å². The fourth-order valence-electron chi connectivity index (χ4n) is 3.26. The maximum Gasteiger partial charge on any atom is 0.411 e. The number of amides is 1. The molecule has 2 N–H and O–H groups in total. The molecule has 2 heterocycles. The van der Waals surface area contributed by atoms with Gasteiger partial charge >= 0.3 is 6.09 Å². The van der Waals surface area contributed by atoms with E-state index in [1.807, 2.05) is 20.8 Å². The summed E-state index contributed by atoms with van der Waals surface area (Å²) in [5, 5.41) is 13.9. The van der Waals surface area contributed by atoms with Crippen LogP contribution in [0.1, 0.15) is 46.5 Å². The molecule has 2 rings (SSSR count). The van der Waals surface area contributed by atoms with Crippen LogP contribution in [0.5, 0.6) is 0 Å². The van der Waals surface area contributed by atoms with Crippen LogP contribution < -0.4 is 5.32 Å². The third-order valence-corrected chi connectivity index (χ3v) is 5.87. The highest BCUT2D eigenvalue weighted by Crippen LogP contribution is 2.44. The fourth-order valence-corrected chi connectivity index (χ4v) is 4.27. The van der Waals surface area contributed by atoms with Gasteiger partial charge in [-0.15, -0.1) is 0 Å². The first-order chi connectivity index (χ1) is 9.75. The first kappa shape index (κ1) is 17.0. The highest BCUT2D eigenvalue weighted by Gasteiger charge is 2.52. The van der Waals surface area contributed by atoms with E-state index in [4.69, 9.17) is 4.74 Å². The number of rotatable bonds is 1. The van der Waals surface area contributed by atoms with E-state index in [1.54, 1.807) is 4.90 Å². The molecule has 6 heteroatoms. The van der Waals surface area contributed by atoms with Crippen molar-refractivity contribution in [1.82, 2.24) is 10.2 Å². The minimum Gasteiger partial charge on any atom is -0.444 e. The van der Waals surface area contributed by atoms with E-state index in [-0.39, 0.29) is 12.0 Å². The Morgan fingerprint density at radius 1 is 1.33 bits per heavy atom. The summed E-state index contributed by atoms with van der Waals surface area (Å²) in [6, 6.07) is 0. The number of hydrogen-bond acceptors (Lipinski definition) is 4. The standard InChI is InChI=1S/C15H27BrN2O3/c1-14(2,3)21-13(20)18-10-4-5-12(19)15(18,16)11-6-8-17-9-7-11/h11-12,17,19H,4-10H2,1-3H3/t12-,15?/m0/s1. The molecule has 0 aromatic rings. The van der Waals surface area contributed by atoms with Gasteiger partial charge in [0.2, 0.25) is 0 Å². The van der Waals surface area contributed by atoms with Gasteiger partial charge in [-0.3, -0.25) is 4.90 Å². The summed E-state index contributed by atoms with van der Waals surface area (Å²) in [6.45, 7) is 8.07. The number of halogens is 1. The van der Waals surface area contributed by atoms with Gasteiger partial charge in [0.1, 0.15) is 10.0 Å². The molecule has 1 unspecified atom stereocenters. The van der Waals surface area contributed by atoms with Gasteiger partial charge in [-0.2, -0.15) is 0 Å². The number of hydrogen-bond donors (Lipinski definition) is 2. The normalized spacial score (nSPS) is 32.0. The highest BCUT2D eigenvalue weighted by atomic mass is 79.9. The number of likely N-dealkylation sites (tertiary alicyclic amines) is 1. The van der Waals surface area contributed by atoms with E-state index < -0.39 is 16.2 Å². The van der Waals surface area contributed by atoms with Gasteiger partial charge in [-0.05, 0) is 65.5 Å². The summed E-state index contributed by atoms with van der Waals surface area (Å²) in [5.41, 5.74) is -0.526. The first-order valence-electron chi connectivity index (χ1n) is 7.83. The molecular formula is C15H27BrN2O3. The van der Waals surface area contributed by atoms with Gasteiger partial charge in [0.25, 0.3) is 0 Å². The van der Waals surface area contributed by atoms with Crippen molar-refractivity contribution >= 4 is 22.0 Å². The van der Waals surface area contributed by atoms with E-state index in [1.165, 1.54) is 0 Å². The highest BCUT2D eigenvalue weighted by molar-refractivity contribution is 9.10. The number of carbonyl (C=O) groups is 1. The first-order valence-corrected chi connectivity index (χ1v) is 8.63.